The summed E-state index contributed by atoms with van der Waals surface area (Å²) in [5.41, 5.74) is 1.08. The van der Waals surface area contributed by atoms with E-state index in [4.69, 9.17) is 20.8 Å². The van der Waals surface area contributed by atoms with Gasteiger partial charge in [-0.25, -0.2) is 0 Å². The Morgan fingerprint density at radius 2 is 1.97 bits per heavy atom. The van der Waals surface area contributed by atoms with Gasteiger partial charge in [0.05, 0.1) is 18.0 Å². The van der Waals surface area contributed by atoms with E-state index in [-0.39, 0.29) is 17.6 Å². The number of hydrogen-bond donors (Lipinski definition) is 1. The summed E-state index contributed by atoms with van der Waals surface area (Å²) >= 11 is 6.48. The van der Waals surface area contributed by atoms with Gasteiger partial charge in [0.1, 0.15) is 0 Å². The minimum Gasteiger partial charge on any atom is -0.459 e. The number of hydrogen-bond acceptors (Lipinski definition) is 4. The highest BCUT2D eigenvalue weighted by atomic mass is 35.5. The molecule has 1 N–H and O–H groups in total. The molecule has 6 heteroatoms. The van der Waals surface area contributed by atoms with Crippen LogP contribution in [-0.2, 0) is 4.74 Å². The fourth-order valence-electron chi connectivity index (χ4n) is 4.22. The van der Waals surface area contributed by atoms with Crippen molar-refractivity contribution >= 4 is 23.6 Å². The Morgan fingerprint density at radius 3 is 2.69 bits per heavy atom. The summed E-state index contributed by atoms with van der Waals surface area (Å²) in [6.45, 7) is 3.25. The van der Waals surface area contributed by atoms with E-state index in [0.29, 0.717) is 12.3 Å². The molecule has 2 saturated heterocycles. The molecule has 1 spiro atoms. The lowest BCUT2D eigenvalue weighted by Gasteiger charge is -2.39. The van der Waals surface area contributed by atoms with Gasteiger partial charge in [-0.3, -0.25) is 9.69 Å². The number of nitrogens with zero attached hydrogens (tertiary/aromatic N) is 1. The molecule has 0 saturated carbocycles. The Hall–Kier alpha value is -2.08. The highest BCUT2D eigenvalue weighted by Crippen LogP contribution is 2.39. The molecule has 2 aliphatic heterocycles. The van der Waals surface area contributed by atoms with Gasteiger partial charge >= 0.3 is 0 Å². The summed E-state index contributed by atoms with van der Waals surface area (Å²) < 4.78 is 11.5. The number of furan rings is 1. The van der Waals surface area contributed by atoms with Crippen molar-refractivity contribution in [3.05, 3.63) is 65.1 Å². The summed E-state index contributed by atoms with van der Waals surface area (Å²) in [6.07, 6.45) is 7.65. The van der Waals surface area contributed by atoms with Crippen LogP contribution in [0.15, 0.2) is 58.2 Å². The van der Waals surface area contributed by atoms with E-state index < -0.39 is 0 Å². The topological polar surface area (TPSA) is 54.7 Å². The van der Waals surface area contributed by atoms with Crippen LogP contribution in [0.1, 0.15) is 41.8 Å². The number of halogens is 1. The molecule has 0 aliphatic carbocycles. The van der Waals surface area contributed by atoms with Crippen LogP contribution in [0.2, 0.25) is 0 Å². The van der Waals surface area contributed by atoms with Crippen molar-refractivity contribution in [2.24, 2.45) is 0 Å². The van der Waals surface area contributed by atoms with E-state index in [1.165, 1.54) is 6.26 Å². The lowest BCUT2D eigenvalue weighted by Crippen LogP contribution is -2.45. The average molecular weight is 415 g/mol. The Balaban J connectivity index is 1.22. The Morgan fingerprint density at radius 1 is 1.17 bits per heavy atom. The lowest BCUT2D eigenvalue weighted by molar-refractivity contribution is -0.0742. The van der Waals surface area contributed by atoms with Gasteiger partial charge < -0.3 is 14.5 Å². The minimum atomic E-state index is -0.186. The predicted molar refractivity (Wildman–Crippen MR) is 114 cm³/mol. The van der Waals surface area contributed by atoms with E-state index in [1.54, 1.807) is 12.1 Å². The van der Waals surface area contributed by atoms with Gasteiger partial charge in [-0.2, -0.15) is 0 Å². The molecule has 154 valence electrons. The van der Waals surface area contributed by atoms with E-state index in [1.807, 2.05) is 24.3 Å². The van der Waals surface area contributed by atoms with Crippen LogP contribution in [0.5, 0.6) is 0 Å². The number of carbonyl (C=O) groups is 1. The number of rotatable bonds is 6. The van der Waals surface area contributed by atoms with Crippen LogP contribution < -0.4 is 5.32 Å². The predicted octanol–water partition coefficient (Wildman–Crippen LogP) is 4.30. The highest BCUT2D eigenvalue weighted by molar-refractivity contribution is 6.31. The number of amides is 1. The van der Waals surface area contributed by atoms with E-state index in [2.05, 4.69) is 22.3 Å². The lowest BCUT2D eigenvalue weighted by atomic mass is 9.88. The Labute approximate surface area is 176 Å². The van der Waals surface area contributed by atoms with Gasteiger partial charge in [-0.05, 0) is 49.5 Å². The fraction of sp³-hybridized carbons (Fsp3) is 0.435. The third-order valence-corrected chi connectivity index (χ3v) is 6.07. The first kappa shape index (κ1) is 20.2. The Kier molecular flexibility index (Phi) is 6.38. The van der Waals surface area contributed by atoms with E-state index in [9.17, 15) is 4.79 Å². The second-order valence-corrected chi connectivity index (χ2v) is 8.41. The maximum Gasteiger partial charge on any atom is 0.287 e. The molecule has 1 amide bonds. The molecule has 0 unspecified atom stereocenters. The summed E-state index contributed by atoms with van der Waals surface area (Å²) in [6, 6.07) is 13.5. The molecule has 1 aromatic heterocycles. The number of likely N-dealkylation sites (tertiary alicyclic amines) is 1. The second-order valence-electron chi connectivity index (χ2n) is 7.93. The summed E-state index contributed by atoms with van der Waals surface area (Å²) in [4.78, 5) is 14.4. The van der Waals surface area contributed by atoms with Crippen LogP contribution in [0.4, 0.5) is 0 Å². The summed E-state index contributed by atoms with van der Waals surface area (Å²) in [5, 5.41) is 3.77. The molecule has 3 heterocycles. The molecular weight excluding hydrogens is 388 g/mol. The van der Waals surface area contributed by atoms with Crippen molar-refractivity contribution in [2.45, 2.75) is 37.4 Å². The van der Waals surface area contributed by atoms with Gasteiger partial charge in [0, 0.05) is 31.2 Å². The number of ether oxygens (including phenoxy) is 1. The van der Waals surface area contributed by atoms with Crippen molar-refractivity contribution in [3.63, 3.8) is 0 Å². The first-order valence-electron chi connectivity index (χ1n) is 10.2. The zero-order chi connectivity index (χ0) is 20.1. The number of carbonyl (C=O) groups excluding carboxylic acids is 1. The standard InChI is InChI=1S/C23H27ClN2O3/c24-19(15-18-5-2-1-3-6-18)17-26-12-10-23(11-13-26)9-8-20(29-23)16-25-22(27)21-7-4-14-28-21/h1-7,14-15,20H,8-13,16-17H2,(H,25,27)/b19-15-/t20-/m1/s1. The van der Waals surface area contributed by atoms with Crippen LogP contribution in [-0.4, -0.2) is 48.7 Å². The van der Waals surface area contributed by atoms with Gasteiger partial charge in [0.25, 0.3) is 5.91 Å². The van der Waals surface area contributed by atoms with Gasteiger partial charge in [-0.1, -0.05) is 41.9 Å². The van der Waals surface area contributed by atoms with E-state index in [0.717, 1.165) is 55.9 Å². The zero-order valence-electron chi connectivity index (χ0n) is 16.5. The fourth-order valence-corrected chi connectivity index (χ4v) is 4.51. The van der Waals surface area contributed by atoms with Crippen LogP contribution in [0.25, 0.3) is 6.08 Å². The number of piperidine rings is 1. The van der Waals surface area contributed by atoms with Gasteiger partial charge in [0.2, 0.25) is 0 Å². The molecule has 1 atom stereocenters. The van der Waals surface area contributed by atoms with Crippen LogP contribution in [0, 0.1) is 0 Å². The van der Waals surface area contributed by atoms with Gasteiger partial charge in [0.15, 0.2) is 5.76 Å². The maximum absolute atomic E-state index is 12.0. The first-order valence-corrected chi connectivity index (χ1v) is 10.6. The smallest absolute Gasteiger partial charge is 0.287 e. The van der Waals surface area contributed by atoms with Crippen LogP contribution >= 0.6 is 11.6 Å². The van der Waals surface area contributed by atoms with Crippen LogP contribution in [0.3, 0.4) is 0 Å². The quantitative estimate of drug-likeness (QED) is 0.765. The van der Waals surface area contributed by atoms with Crippen molar-refractivity contribution in [1.82, 2.24) is 10.2 Å². The van der Waals surface area contributed by atoms with Crippen molar-refractivity contribution in [2.75, 3.05) is 26.2 Å². The molecule has 5 nitrogen and oxygen atoms in total. The maximum atomic E-state index is 12.0. The molecule has 1 aromatic carbocycles. The zero-order valence-corrected chi connectivity index (χ0v) is 17.2. The number of nitrogens with one attached hydrogen (secondary N) is 1. The highest BCUT2D eigenvalue weighted by Gasteiger charge is 2.42. The molecular formula is C23H27ClN2O3. The molecule has 2 aliphatic rings. The second kappa shape index (κ2) is 9.16. The molecule has 0 bridgehead atoms. The SMILES string of the molecule is O=C(NC[C@H]1CCC2(CCN(C/C(Cl)=C/c3ccccc3)CC2)O1)c1ccco1. The van der Waals surface area contributed by atoms with Crippen molar-refractivity contribution in [3.8, 4) is 0 Å². The number of benzene rings is 1. The van der Waals surface area contributed by atoms with Crippen molar-refractivity contribution < 1.29 is 13.9 Å². The van der Waals surface area contributed by atoms with Crippen molar-refractivity contribution in [1.29, 1.82) is 0 Å². The molecule has 2 aromatic rings. The largest absolute Gasteiger partial charge is 0.459 e. The summed E-state index contributed by atoms with van der Waals surface area (Å²) in [7, 11) is 0. The molecule has 0 radical (unpaired) electrons. The normalized spacial score (nSPS) is 22.1. The average Bonchev–Trinajstić information content (AvgIpc) is 3.40. The molecule has 4 rings (SSSR count). The summed E-state index contributed by atoms with van der Waals surface area (Å²) in [5.74, 6) is 0.153. The molecule has 2 fully saturated rings. The molecule has 29 heavy (non-hydrogen) atoms. The Bertz CT molecular complexity index is 827. The van der Waals surface area contributed by atoms with E-state index >= 15 is 0 Å². The van der Waals surface area contributed by atoms with Gasteiger partial charge in [-0.15, -0.1) is 0 Å². The monoisotopic (exact) mass is 414 g/mol. The third kappa shape index (κ3) is 5.30. The first-order chi connectivity index (χ1) is 14.1. The minimum absolute atomic E-state index is 0.0494. The third-order valence-electron chi connectivity index (χ3n) is 5.84.